The van der Waals surface area contributed by atoms with E-state index >= 15 is 0 Å². The summed E-state index contributed by atoms with van der Waals surface area (Å²) in [5.74, 6) is 1.16. The second kappa shape index (κ2) is 7.79. The first kappa shape index (κ1) is 15.5. The van der Waals surface area contributed by atoms with Crippen LogP contribution in [0.15, 0.2) is 18.2 Å². The standard InChI is InChI=1S/C15H23NO3/c1-5-19-14-7-6-12(15(17)16-4)8-13(14)10-18-9-11(2)3/h6-8,11H,5,9-10H2,1-4H3,(H,16,17). The van der Waals surface area contributed by atoms with Gasteiger partial charge >= 0.3 is 0 Å². The highest BCUT2D eigenvalue weighted by Gasteiger charge is 2.10. The lowest BCUT2D eigenvalue weighted by atomic mass is 10.1. The number of hydrogen-bond donors (Lipinski definition) is 1. The predicted octanol–water partition coefficient (Wildman–Crippen LogP) is 2.62. The minimum atomic E-state index is -0.104. The van der Waals surface area contributed by atoms with Gasteiger partial charge in [-0.15, -0.1) is 0 Å². The Morgan fingerprint density at radius 1 is 1.37 bits per heavy atom. The summed E-state index contributed by atoms with van der Waals surface area (Å²) in [4.78, 5) is 11.6. The van der Waals surface area contributed by atoms with Gasteiger partial charge in [0.05, 0.1) is 13.2 Å². The van der Waals surface area contributed by atoms with Crippen LogP contribution in [-0.4, -0.2) is 26.2 Å². The molecule has 0 bridgehead atoms. The quantitative estimate of drug-likeness (QED) is 0.824. The molecule has 106 valence electrons. The molecule has 0 radical (unpaired) electrons. The number of nitrogens with one attached hydrogen (secondary N) is 1. The molecule has 1 amide bonds. The first-order chi connectivity index (χ1) is 9.08. The Labute approximate surface area is 115 Å². The molecule has 4 heteroatoms. The summed E-state index contributed by atoms with van der Waals surface area (Å²) in [6.07, 6.45) is 0. The van der Waals surface area contributed by atoms with Gasteiger partial charge in [0.2, 0.25) is 0 Å². The molecule has 0 unspecified atom stereocenters. The van der Waals surface area contributed by atoms with Crippen LogP contribution in [0, 0.1) is 5.92 Å². The highest BCUT2D eigenvalue weighted by atomic mass is 16.5. The van der Waals surface area contributed by atoms with Gasteiger partial charge in [-0.2, -0.15) is 0 Å². The molecule has 1 aromatic rings. The average molecular weight is 265 g/mol. The van der Waals surface area contributed by atoms with Crippen molar-refractivity contribution in [3.63, 3.8) is 0 Å². The van der Waals surface area contributed by atoms with E-state index in [1.165, 1.54) is 0 Å². The molecule has 0 aromatic heterocycles. The van der Waals surface area contributed by atoms with E-state index in [2.05, 4.69) is 19.2 Å². The normalized spacial score (nSPS) is 10.6. The lowest BCUT2D eigenvalue weighted by molar-refractivity contribution is 0.0940. The second-order valence-electron chi connectivity index (χ2n) is 4.74. The fourth-order valence-electron chi connectivity index (χ4n) is 1.68. The summed E-state index contributed by atoms with van der Waals surface area (Å²) < 4.78 is 11.2. The van der Waals surface area contributed by atoms with E-state index in [9.17, 15) is 4.79 Å². The molecule has 1 aromatic carbocycles. The van der Waals surface area contributed by atoms with Crippen molar-refractivity contribution >= 4 is 5.91 Å². The molecule has 4 nitrogen and oxygen atoms in total. The number of ether oxygens (including phenoxy) is 2. The van der Waals surface area contributed by atoms with Crippen molar-refractivity contribution in [2.75, 3.05) is 20.3 Å². The number of hydrogen-bond acceptors (Lipinski definition) is 3. The average Bonchev–Trinajstić information content (AvgIpc) is 2.39. The van der Waals surface area contributed by atoms with Crippen molar-refractivity contribution < 1.29 is 14.3 Å². The van der Waals surface area contributed by atoms with Crippen LogP contribution in [0.1, 0.15) is 36.7 Å². The molecule has 0 saturated heterocycles. The zero-order valence-electron chi connectivity index (χ0n) is 12.2. The third-order valence-electron chi connectivity index (χ3n) is 2.56. The van der Waals surface area contributed by atoms with Crippen LogP contribution in [0.4, 0.5) is 0 Å². The van der Waals surface area contributed by atoms with E-state index in [4.69, 9.17) is 9.47 Å². The van der Waals surface area contributed by atoms with Crippen molar-refractivity contribution in [1.29, 1.82) is 0 Å². The van der Waals surface area contributed by atoms with Crippen molar-refractivity contribution in [3.8, 4) is 5.75 Å². The van der Waals surface area contributed by atoms with E-state index in [0.29, 0.717) is 31.3 Å². The van der Waals surface area contributed by atoms with Crippen molar-refractivity contribution in [2.24, 2.45) is 5.92 Å². The van der Waals surface area contributed by atoms with Gasteiger partial charge in [0.1, 0.15) is 5.75 Å². The van der Waals surface area contributed by atoms with Crippen molar-refractivity contribution in [2.45, 2.75) is 27.4 Å². The molecular formula is C15H23NO3. The van der Waals surface area contributed by atoms with Crippen LogP contribution in [0.5, 0.6) is 5.75 Å². The Morgan fingerprint density at radius 3 is 2.68 bits per heavy atom. The van der Waals surface area contributed by atoms with Crippen LogP contribution in [0.25, 0.3) is 0 Å². The molecule has 19 heavy (non-hydrogen) atoms. The molecule has 0 aliphatic heterocycles. The second-order valence-corrected chi connectivity index (χ2v) is 4.74. The number of amides is 1. The number of carbonyl (C=O) groups excluding carboxylic acids is 1. The third-order valence-corrected chi connectivity index (χ3v) is 2.56. The van der Waals surface area contributed by atoms with Crippen LogP contribution in [0.2, 0.25) is 0 Å². The highest BCUT2D eigenvalue weighted by molar-refractivity contribution is 5.94. The van der Waals surface area contributed by atoms with Gasteiger partial charge < -0.3 is 14.8 Å². The monoisotopic (exact) mass is 265 g/mol. The van der Waals surface area contributed by atoms with Gasteiger partial charge in [-0.1, -0.05) is 13.8 Å². The fraction of sp³-hybridized carbons (Fsp3) is 0.533. The summed E-state index contributed by atoms with van der Waals surface area (Å²) in [5, 5.41) is 2.61. The Kier molecular flexibility index (Phi) is 6.36. The Bertz CT molecular complexity index is 416. The molecule has 0 spiro atoms. The summed E-state index contributed by atoms with van der Waals surface area (Å²) in [6.45, 7) is 7.88. The predicted molar refractivity (Wildman–Crippen MR) is 75.5 cm³/mol. The third kappa shape index (κ3) is 4.91. The Morgan fingerprint density at radius 2 is 2.11 bits per heavy atom. The van der Waals surface area contributed by atoms with Gasteiger partial charge in [0, 0.05) is 24.8 Å². The highest BCUT2D eigenvalue weighted by Crippen LogP contribution is 2.21. The van der Waals surface area contributed by atoms with Crippen molar-refractivity contribution in [3.05, 3.63) is 29.3 Å². The van der Waals surface area contributed by atoms with Gasteiger partial charge in [-0.05, 0) is 31.0 Å². The zero-order valence-corrected chi connectivity index (χ0v) is 12.2. The molecule has 0 saturated carbocycles. The summed E-state index contributed by atoms with van der Waals surface area (Å²) in [6, 6.07) is 5.40. The van der Waals surface area contributed by atoms with Crippen LogP contribution < -0.4 is 10.1 Å². The van der Waals surface area contributed by atoms with Crippen LogP contribution >= 0.6 is 0 Å². The maximum atomic E-state index is 11.6. The first-order valence-electron chi connectivity index (χ1n) is 6.64. The SMILES string of the molecule is CCOc1ccc(C(=O)NC)cc1COCC(C)C. The maximum Gasteiger partial charge on any atom is 0.251 e. The zero-order chi connectivity index (χ0) is 14.3. The van der Waals surface area contributed by atoms with Gasteiger partial charge in [-0.25, -0.2) is 0 Å². The molecule has 0 aliphatic carbocycles. The summed E-state index contributed by atoms with van der Waals surface area (Å²) >= 11 is 0. The summed E-state index contributed by atoms with van der Waals surface area (Å²) in [7, 11) is 1.62. The smallest absolute Gasteiger partial charge is 0.251 e. The van der Waals surface area contributed by atoms with Crippen molar-refractivity contribution in [1.82, 2.24) is 5.32 Å². The lowest BCUT2D eigenvalue weighted by Gasteiger charge is -2.13. The maximum absolute atomic E-state index is 11.6. The number of rotatable bonds is 7. The molecule has 1 rings (SSSR count). The van der Waals surface area contributed by atoms with Crippen LogP contribution in [-0.2, 0) is 11.3 Å². The van der Waals surface area contributed by atoms with Crippen LogP contribution in [0.3, 0.4) is 0 Å². The van der Waals surface area contributed by atoms with E-state index in [1.54, 1.807) is 13.1 Å². The molecule has 0 aliphatic rings. The fourth-order valence-corrected chi connectivity index (χ4v) is 1.68. The molecular weight excluding hydrogens is 242 g/mol. The number of carbonyl (C=O) groups is 1. The molecule has 0 heterocycles. The largest absolute Gasteiger partial charge is 0.494 e. The number of benzene rings is 1. The Balaban J connectivity index is 2.85. The van der Waals surface area contributed by atoms with Gasteiger partial charge in [0.25, 0.3) is 5.91 Å². The van der Waals surface area contributed by atoms with Gasteiger partial charge in [0.15, 0.2) is 0 Å². The first-order valence-corrected chi connectivity index (χ1v) is 6.64. The minimum absolute atomic E-state index is 0.104. The van der Waals surface area contributed by atoms with E-state index in [1.807, 2.05) is 19.1 Å². The molecule has 0 atom stereocenters. The minimum Gasteiger partial charge on any atom is -0.494 e. The molecule has 0 fully saturated rings. The van der Waals surface area contributed by atoms with E-state index in [-0.39, 0.29) is 5.91 Å². The van der Waals surface area contributed by atoms with Gasteiger partial charge in [-0.3, -0.25) is 4.79 Å². The topological polar surface area (TPSA) is 47.6 Å². The van der Waals surface area contributed by atoms with E-state index < -0.39 is 0 Å². The Hall–Kier alpha value is -1.55. The summed E-state index contributed by atoms with van der Waals surface area (Å²) in [5.41, 5.74) is 1.53. The molecule has 1 N–H and O–H groups in total. The van der Waals surface area contributed by atoms with E-state index in [0.717, 1.165) is 11.3 Å². The lowest BCUT2D eigenvalue weighted by Crippen LogP contribution is -2.18.